The normalized spacial score (nSPS) is 12.8. The van der Waals surface area contributed by atoms with Crippen molar-refractivity contribution in [1.29, 1.82) is 0 Å². The number of carbonyl (C=O) groups excluding carboxylic acids is 1. The van der Waals surface area contributed by atoms with Crippen LogP contribution in [0.3, 0.4) is 0 Å². The van der Waals surface area contributed by atoms with E-state index in [2.05, 4.69) is 5.32 Å². The molecule has 116 valence electrons. The van der Waals surface area contributed by atoms with E-state index in [4.69, 9.17) is 5.11 Å². The van der Waals surface area contributed by atoms with E-state index in [-0.39, 0.29) is 29.3 Å². The van der Waals surface area contributed by atoms with Crippen molar-refractivity contribution in [3.05, 3.63) is 30.1 Å². The van der Waals surface area contributed by atoms with Crippen LogP contribution in [0.5, 0.6) is 0 Å². The molecule has 0 aliphatic carbocycles. The second-order valence-electron chi connectivity index (χ2n) is 5.80. The molecule has 21 heavy (non-hydrogen) atoms. The zero-order valence-corrected chi connectivity index (χ0v) is 13.2. The molecule has 1 aromatic carbocycles. The third kappa shape index (κ3) is 6.16. The van der Waals surface area contributed by atoms with Crippen LogP contribution in [0.1, 0.15) is 27.2 Å². The Morgan fingerprint density at radius 1 is 1.33 bits per heavy atom. The number of aliphatic carboxylic acids is 1. The highest BCUT2D eigenvalue weighted by Crippen LogP contribution is 2.23. The van der Waals surface area contributed by atoms with E-state index in [1.807, 2.05) is 20.8 Å². The molecule has 0 saturated carbocycles. The second-order valence-corrected chi connectivity index (χ2v) is 6.82. The molecule has 0 bridgehead atoms. The molecule has 1 amide bonds. The minimum atomic E-state index is -0.961. The van der Waals surface area contributed by atoms with Gasteiger partial charge in [0, 0.05) is 10.9 Å². The summed E-state index contributed by atoms with van der Waals surface area (Å²) in [5.41, 5.74) is -0.364. The number of carboxylic acids is 1. The van der Waals surface area contributed by atoms with Gasteiger partial charge in [0.05, 0.1) is 12.2 Å². The van der Waals surface area contributed by atoms with Crippen molar-refractivity contribution in [2.24, 2.45) is 5.41 Å². The first-order chi connectivity index (χ1) is 9.70. The highest BCUT2D eigenvalue weighted by Gasteiger charge is 2.28. The molecule has 1 aromatic rings. The molecule has 0 saturated heterocycles. The van der Waals surface area contributed by atoms with Crippen molar-refractivity contribution in [2.45, 2.75) is 38.1 Å². The topological polar surface area (TPSA) is 66.4 Å². The van der Waals surface area contributed by atoms with Crippen molar-refractivity contribution in [1.82, 2.24) is 5.32 Å². The van der Waals surface area contributed by atoms with Gasteiger partial charge in [-0.3, -0.25) is 9.59 Å². The zero-order valence-electron chi connectivity index (χ0n) is 12.4. The Labute approximate surface area is 128 Å². The lowest BCUT2D eigenvalue weighted by atomic mass is 9.85. The summed E-state index contributed by atoms with van der Waals surface area (Å²) in [5, 5.41) is 11.6. The third-order valence-electron chi connectivity index (χ3n) is 2.95. The quantitative estimate of drug-likeness (QED) is 0.793. The van der Waals surface area contributed by atoms with Crippen molar-refractivity contribution in [3.8, 4) is 0 Å². The molecule has 6 heteroatoms. The van der Waals surface area contributed by atoms with E-state index in [0.29, 0.717) is 4.90 Å². The van der Waals surface area contributed by atoms with E-state index in [0.717, 1.165) is 11.8 Å². The van der Waals surface area contributed by atoms with E-state index >= 15 is 0 Å². The van der Waals surface area contributed by atoms with Gasteiger partial charge in [0.15, 0.2) is 0 Å². The van der Waals surface area contributed by atoms with E-state index in [9.17, 15) is 14.0 Å². The average Bonchev–Trinajstić information content (AvgIpc) is 2.35. The first kappa shape index (κ1) is 17.5. The molecule has 2 N–H and O–H groups in total. The maximum Gasteiger partial charge on any atom is 0.305 e. The summed E-state index contributed by atoms with van der Waals surface area (Å²) < 4.78 is 13.4. The van der Waals surface area contributed by atoms with Crippen LogP contribution in [0.15, 0.2) is 29.2 Å². The van der Waals surface area contributed by atoms with Gasteiger partial charge in [0.1, 0.15) is 5.82 Å². The number of benzene rings is 1. The average molecular weight is 313 g/mol. The Morgan fingerprint density at radius 3 is 2.48 bits per heavy atom. The molecular formula is C15H20FNO3S. The number of hydrogen-bond acceptors (Lipinski definition) is 3. The SMILES string of the molecule is CC(C)(C)C(CC(=O)O)NC(=O)CSc1ccccc1F. The van der Waals surface area contributed by atoms with Crippen molar-refractivity contribution in [2.75, 3.05) is 5.75 Å². The van der Waals surface area contributed by atoms with Gasteiger partial charge >= 0.3 is 5.97 Å². The molecule has 0 aliphatic heterocycles. The van der Waals surface area contributed by atoms with Crippen molar-refractivity contribution in [3.63, 3.8) is 0 Å². The Hall–Kier alpha value is -1.56. The highest BCUT2D eigenvalue weighted by molar-refractivity contribution is 8.00. The molecule has 0 aromatic heterocycles. The van der Waals surface area contributed by atoms with Crippen LogP contribution in [0.25, 0.3) is 0 Å². The largest absolute Gasteiger partial charge is 0.481 e. The standard InChI is InChI=1S/C15H20FNO3S/c1-15(2,3)12(8-14(19)20)17-13(18)9-21-11-7-5-4-6-10(11)16/h4-7,12H,8-9H2,1-3H3,(H,17,18)(H,19,20). The fourth-order valence-corrected chi connectivity index (χ4v) is 2.44. The summed E-state index contributed by atoms with van der Waals surface area (Å²) in [5.74, 6) is -1.58. The van der Waals surface area contributed by atoms with Crippen LogP contribution in [0.2, 0.25) is 0 Å². The fraction of sp³-hybridized carbons (Fsp3) is 0.467. The lowest BCUT2D eigenvalue weighted by Crippen LogP contribution is -2.45. The van der Waals surface area contributed by atoms with Gasteiger partial charge in [-0.05, 0) is 17.5 Å². The molecular weight excluding hydrogens is 293 g/mol. The number of rotatable bonds is 6. The van der Waals surface area contributed by atoms with Crippen LogP contribution in [0, 0.1) is 11.2 Å². The number of nitrogens with one attached hydrogen (secondary N) is 1. The lowest BCUT2D eigenvalue weighted by Gasteiger charge is -2.30. The molecule has 0 radical (unpaired) electrons. The second kappa shape index (κ2) is 7.45. The lowest BCUT2D eigenvalue weighted by molar-refractivity contribution is -0.138. The van der Waals surface area contributed by atoms with Gasteiger partial charge < -0.3 is 10.4 Å². The Kier molecular flexibility index (Phi) is 6.20. The molecule has 1 unspecified atom stereocenters. The first-order valence-corrected chi connectivity index (χ1v) is 7.57. The zero-order chi connectivity index (χ0) is 16.0. The number of thioether (sulfide) groups is 1. The summed E-state index contributed by atoms with van der Waals surface area (Å²) in [6, 6.07) is 5.76. The van der Waals surface area contributed by atoms with E-state index in [1.54, 1.807) is 18.2 Å². The van der Waals surface area contributed by atoms with Gasteiger partial charge in [-0.15, -0.1) is 11.8 Å². The molecule has 0 spiro atoms. The maximum absolute atomic E-state index is 13.4. The van der Waals surface area contributed by atoms with Gasteiger partial charge in [0.2, 0.25) is 5.91 Å². The van der Waals surface area contributed by atoms with Gasteiger partial charge in [-0.1, -0.05) is 32.9 Å². The van der Waals surface area contributed by atoms with E-state index in [1.165, 1.54) is 6.07 Å². The summed E-state index contributed by atoms with van der Waals surface area (Å²) in [7, 11) is 0. The number of carboxylic acid groups (broad SMARTS) is 1. The van der Waals surface area contributed by atoms with Crippen LogP contribution in [-0.2, 0) is 9.59 Å². The number of carbonyl (C=O) groups is 2. The van der Waals surface area contributed by atoms with Crippen LogP contribution in [-0.4, -0.2) is 28.8 Å². The number of amides is 1. The van der Waals surface area contributed by atoms with E-state index < -0.39 is 12.0 Å². The van der Waals surface area contributed by atoms with Gasteiger partial charge in [-0.2, -0.15) is 0 Å². The molecule has 0 aliphatic rings. The minimum Gasteiger partial charge on any atom is -0.481 e. The Balaban J connectivity index is 2.58. The minimum absolute atomic E-state index is 0.0487. The highest BCUT2D eigenvalue weighted by atomic mass is 32.2. The van der Waals surface area contributed by atoms with Gasteiger partial charge in [0.25, 0.3) is 0 Å². The summed E-state index contributed by atoms with van der Waals surface area (Å²) >= 11 is 1.09. The van der Waals surface area contributed by atoms with Crippen LogP contribution in [0.4, 0.5) is 4.39 Å². The Morgan fingerprint density at radius 2 is 1.95 bits per heavy atom. The first-order valence-electron chi connectivity index (χ1n) is 6.58. The Bertz CT molecular complexity index is 514. The predicted octanol–water partition coefficient (Wildman–Crippen LogP) is 2.92. The fourth-order valence-electron chi connectivity index (χ4n) is 1.69. The maximum atomic E-state index is 13.4. The van der Waals surface area contributed by atoms with Crippen LogP contribution < -0.4 is 5.32 Å². The smallest absolute Gasteiger partial charge is 0.305 e. The molecule has 0 fully saturated rings. The monoisotopic (exact) mass is 313 g/mol. The third-order valence-corrected chi connectivity index (χ3v) is 4.00. The molecule has 1 rings (SSSR count). The molecule has 1 atom stereocenters. The van der Waals surface area contributed by atoms with Crippen LogP contribution >= 0.6 is 11.8 Å². The molecule has 0 heterocycles. The molecule has 4 nitrogen and oxygen atoms in total. The summed E-state index contributed by atoms with van der Waals surface area (Å²) in [4.78, 5) is 23.2. The summed E-state index contributed by atoms with van der Waals surface area (Å²) in [6.07, 6.45) is -0.139. The van der Waals surface area contributed by atoms with Crippen molar-refractivity contribution < 1.29 is 19.1 Å². The summed E-state index contributed by atoms with van der Waals surface area (Å²) in [6.45, 7) is 5.60. The predicted molar refractivity (Wildman–Crippen MR) is 80.8 cm³/mol. The number of hydrogen-bond donors (Lipinski definition) is 2. The van der Waals surface area contributed by atoms with Crippen molar-refractivity contribution >= 4 is 23.6 Å². The number of halogens is 1. The van der Waals surface area contributed by atoms with Gasteiger partial charge in [-0.25, -0.2) is 4.39 Å².